The van der Waals surface area contributed by atoms with Crippen LogP contribution in [-0.4, -0.2) is 7.11 Å². The smallest absolute Gasteiger partial charge is 0.204 e. The maximum atomic E-state index is 13.6. The van der Waals surface area contributed by atoms with Crippen molar-refractivity contribution in [2.45, 2.75) is 0 Å². The van der Waals surface area contributed by atoms with Gasteiger partial charge in [-0.25, -0.2) is 8.78 Å². The molecule has 0 aliphatic carbocycles. The fourth-order valence-electron chi connectivity index (χ4n) is 1.50. The summed E-state index contributed by atoms with van der Waals surface area (Å²) in [4.78, 5) is 0. The first kappa shape index (κ1) is 15.4. The predicted octanol–water partition coefficient (Wildman–Crippen LogP) is 3.53. The molecule has 0 aliphatic rings. The molecule has 0 N–H and O–H groups in total. The highest BCUT2D eigenvalue weighted by Gasteiger charge is 2.18. The Balaban J connectivity index is 2.25. The van der Waals surface area contributed by atoms with Gasteiger partial charge in [0.15, 0.2) is 5.82 Å². The average molecular weight is 331 g/mol. The summed E-state index contributed by atoms with van der Waals surface area (Å²) in [5, 5.41) is 0.604. The van der Waals surface area contributed by atoms with E-state index >= 15 is 0 Å². The molecule has 0 heterocycles. The van der Waals surface area contributed by atoms with Gasteiger partial charge >= 0.3 is 0 Å². The molecule has 0 saturated heterocycles. The quantitative estimate of drug-likeness (QED) is 0.630. The number of hydrogen-bond donors (Lipinski definition) is 0. The summed E-state index contributed by atoms with van der Waals surface area (Å²) in [7, 11) is 1.54. The normalized spacial score (nSPS) is 11.2. The van der Waals surface area contributed by atoms with Crippen molar-refractivity contribution in [3.05, 3.63) is 54.1 Å². The Morgan fingerprint density at radius 1 is 1.00 bits per heavy atom. The van der Waals surface area contributed by atoms with E-state index in [0.29, 0.717) is 11.1 Å². The van der Waals surface area contributed by atoms with E-state index in [1.54, 1.807) is 31.4 Å². The van der Waals surface area contributed by atoms with Crippen LogP contribution in [0.3, 0.4) is 0 Å². The van der Waals surface area contributed by atoms with E-state index in [4.69, 9.17) is 33.8 Å². The van der Waals surface area contributed by atoms with Crippen LogP contribution in [0.4, 0.5) is 8.78 Å². The van der Waals surface area contributed by atoms with Crippen LogP contribution in [0.5, 0.6) is 11.5 Å². The number of benzene rings is 2. The van der Waals surface area contributed by atoms with Gasteiger partial charge in [-0.3, -0.25) is 0 Å². The molecule has 2 aromatic rings. The van der Waals surface area contributed by atoms with Gasteiger partial charge < -0.3 is 33.8 Å². The highest BCUT2D eigenvalue weighted by atomic mass is 33.1. The summed E-state index contributed by atoms with van der Waals surface area (Å²) in [5.41, 5.74) is 0. The molecule has 0 amide bonds. The van der Waals surface area contributed by atoms with Gasteiger partial charge in [-0.1, -0.05) is 0 Å². The highest BCUT2D eigenvalue weighted by molar-refractivity contribution is 8.74. The van der Waals surface area contributed by atoms with Crippen molar-refractivity contribution in [3.8, 4) is 11.5 Å². The lowest BCUT2D eigenvalue weighted by atomic mass is 10.3. The zero-order valence-electron chi connectivity index (χ0n) is 10.4. The average Bonchev–Trinajstić information content (AvgIpc) is 2.42. The molecule has 20 heavy (non-hydrogen) atoms. The molecule has 0 atom stereocenters. The molecule has 0 saturated carbocycles. The SMILES string of the molecule is COc1ccc([P+]([S-])([S-])Oc2ccc(F)cc2F)cc1. The van der Waals surface area contributed by atoms with Gasteiger partial charge in [0.25, 0.3) is 0 Å². The molecule has 2 aromatic carbocycles. The Kier molecular flexibility index (Phi) is 4.78. The lowest BCUT2D eigenvalue weighted by molar-refractivity contribution is 0.415. The van der Waals surface area contributed by atoms with E-state index in [-0.39, 0.29) is 5.75 Å². The van der Waals surface area contributed by atoms with Crippen LogP contribution in [0.1, 0.15) is 0 Å². The summed E-state index contributed by atoms with van der Waals surface area (Å²) in [5.74, 6) is -3.82. The maximum Gasteiger partial charge on any atom is 0.204 e. The molecule has 0 bridgehead atoms. The van der Waals surface area contributed by atoms with Crippen molar-refractivity contribution >= 4 is 35.7 Å². The summed E-state index contributed by atoms with van der Waals surface area (Å²) >= 11 is 10.5. The fraction of sp³-hybridized carbons (Fsp3) is 0.0769. The molecule has 2 nitrogen and oxygen atoms in total. The third kappa shape index (κ3) is 3.57. The number of halogens is 2. The van der Waals surface area contributed by atoms with Gasteiger partial charge in [-0.15, -0.1) is 0 Å². The molecule has 0 spiro atoms. The third-order valence-electron chi connectivity index (χ3n) is 2.50. The number of hydrogen-bond acceptors (Lipinski definition) is 4. The topological polar surface area (TPSA) is 18.5 Å². The predicted molar refractivity (Wildman–Crippen MR) is 81.3 cm³/mol. The molecule has 7 heteroatoms. The monoisotopic (exact) mass is 331 g/mol. The van der Waals surface area contributed by atoms with Crippen LogP contribution < -0.4 is 14.6 Å². The summed E-state index contributed by atoms with van der Waals surface area (Å²) in [6, 6.07) is 9.79. The molecule has 0 radical (unpaired) electrons. The standard InChI is InChI=1S/C13H11F2O2PS2/c1-16-10-3-5-11(6-4-10)18(19,20)17-13-7-2-9(14)8-12(13)15/h2-8H,1H3,(H,19,20)/p-1. The van der Waals surface area contributed by atoms with E-state index in [1.807, 2.05) is 0 Å². The summed E-state index contributed by atoms with van der Waals surface area (Å²) < 4.78 is 36.8. The van der Waals surface area contributed by atoms with Crippen molar-refractivity contribution < 1.29 is 18.0 Å². The van der Waals surface area contributed by atoms with E-state index in [0.717, 1.165) is 12.1 Å². The second-order valence-corrected chi connectivity index (χ2v) is 9.33. The fourth-order valence-corrected chi connectivity index (χ4v) is 3.73. The molecule has 2 rings (SSSR count). The molecule has 0 fully saturated rings. The number of ether oxygens (including phenoxy) is 1. The Hall–Kier alpha value is -0.970. The van der Waals surface area contributed by atoms with Gasteiger partial charge in [0, 0.05) is 6.07 Å². The van der Waals surface area contributed by atoms with Gasteiger partial charge in [0.1, 0.15) is 11.6 Å². The van der Waals surface area contributed by atoms with Gasteiger partial charge in [0.2, 0.25) is 5.75 Å². The zero-order chi connectivity index (χ0) is 14.8. The Labute approximate surface area is 126 Å². The minimum absolute atomic E-state index is 0.138. The number of methoxy groups -OCH3 is 1. The summed E-state index contributed by atoms with van der Waals surface area (Å²) in [6.07, 6.45) is 0. The van der Waals surface area contributed by atoms with E-state index in [2.05, 4.69) is 0 Å². The lowest BCUT2D eigenvalue weighted by Crippen LogP contribution is -2.12. The Morgan fingerprint density at radius 3 is 2.20 bits per heavy atom. The third-order valence-corrected chi connectivity index (χ3v) is 5.58. The molecule has 106 valence electrons. The first-order valence-electron chi connectivity index (χ1n) is 5.53. The molecule has 0 unspecified atom stereocenters. The first-order chi connectivity index (χ1) is 9.42. The van der Waals surface area contributed by atoms with E-state index in [1.165, 1.54) is 6.07 Å². The molecule has 0 aliphatic heterocycles. The van der Waals surface area contributed by atoms with E-state index < -0.39 is 17.5 Å². The second kappa shape index (κ2) is 6.20. The Morgan fingerprint density at radius 2 is 1.65 bits per heavy atom. The van der Waals surface area contributed by atoms with Crippen LogP contribution in [0, 0.1) is 11.6 Å². The van der Waals surface area contributed by atoms with Crippen molar-refractivity contribution in [2.24, 2.45) is 0 Å². The summed E-state index contributed by atoms with van der Waals surface area (Å²) in [6.45, 7) is 0. The van der Waals surface area contributed by atoms with Crippen LogP contribution in [0.15, 0.2) is 42.5 Å². The molecular weight excluding hydrogens is 321 g/mol. The molecule has 0 aromatic heterocycles. The second-order valence-electron chi connectivity index (χ2n) is 3.86. The van der Waals surface area contributed by atoms with Crippen LogP contribution in [0.2, 0.25) is 0 Å². The first-order valence-corrected chi connectivity index (χ1v) is 9.26. The van der Waals surface area contributed by atoms with E-state index in [9.17, 15) is 8.78 Å². The molecular formula is C13H10F2O2PS2-. The minimum Gasteiger partial charge on any atom is -0.533 e. The van der Waals surface area contributed by atoms with Crippen LogP contribution in [-0.2, 0) is 24.5 Å². The van der Waals surface area contributed by atoms with Gasteiger partial charge in [-0.05, 0) is 42.3 Å². The highest BCUT2D eigenvalue weighted by Crippen LogP contribution is 2.54. The van der Waals surface area contributed by atoms with Crippen molar-refractivity contribution in [1.82, 2.24) is 0 Å². The van der Waals surface area contributed by atoms with Crippen molar-refractivity contribution in [1.29, 1.82) is 0 Å². The van der Waals surface area contributed by atoms with Crippen molar-refractivity contribution in [3.63, 3.8) is 0 Å². The minimum atomic E-state index is -2.84. The van der Waals surface area contributed by atoms with Crippen molar-refractivity contribution in [2.75, 3.05) is 7.11 Å². The zero-order valence-corrected chi connectivity index (χ0v) is 12.9. The van der Waals surface area contributed by atoms with Crippen LogP contribution >= 0.6 is 5.89 Å². The maximum absolute atomic E-state index is 13.6. The largest absolute Gasteiger partial charge is 0.533 e. The van der Waals surface area contributed by atoms with Gasteiger partial charge in [-0.2, -0.15) is 0 Å². The van der Waals surface area contributed by atoms with Gasteiger partial charge in [0.05, 0.1) is 12.4 Å². The van der Waals surface area contributed by atoms with Crippen LogP contribution in [0.25, 0.3) is 0 Å². The number of rotatable bonds is 4. The lowest BCUT2D eigenvalue weighted by Gasteiger charge is -2.37. The Bertz CT molecular complexity index is 606.